The Balaban J connectivity index is 1.54. The van der Waals surface area contributed by atoms with Crippen LogP contribution in [0.15, 0.2) is 54.6 Å². The maximum absolute atomic E-state index is 12.3. The Hall–Kier alpha value is -2.33. The summed E-state index contributed by atoms with van der Waals surface area (Å²) < 4.78 is 5.11. The maximum Gasteiger partial charge on any atom is 0.260 e. The smallest absolute Gasteiger partial charge is 0.260 e. The summed E-state index contributed by atoms with van der Waals surface area (Å²) in [5, 5.41) is 10.5. The second-order valence-corrected chi connectivity index (χ2v) is 5.96. The van der Waals surface area contributed by atoms with Crippen molar-refractivity contribution in [3.8, 4) is 5.75 Å². The molecule has 0 spiro atoms. The van der Waals surface area contributed by atoms with Crippen molar-refractivity contribution in [2.75, 3.05) is 18.6 Å². The number of nitrogens with zero attached hydrogens (tertiary/aromatic N) is 1. The van der Waals surface area contributed by atoms with E-state index in [0.29, 0.717) is 13.0 Å². The van der Waals surface area contributed by atoms with Crippen molar-refractivity contribution in [2.24, 2.45) is 0 Å². The van der Waals surface area contributed by atoms with Gasteiger partial charge in [-0.2, -0.15) is 0 Å². The van der Waals surface area contributed by atoms with Gasteiger partial charge in [0, 0.05) is 5.69 Å². The topological polar surface area (TPSA) is 49.8 Å². The molecular weight excluding hydrogens is 290 g/mol. The minimum absolute atomic E-state index is 0.212. The zero-order chi connectivity index (χ0) is 16.3. The first-order valence-electron chi connectivity index (χ1n) is 7.85. The first-order chi connectivity index (χ1) is 11.1. The third-order valence-electron chi connectivity index (χ3n) is 4.35. The van der Waals surface area contributed by atoms with Crippen molar-refractivity contribution in [1.82, 2.24) is 0 Å². The highest BCUT2D eigenvalue weighted by molar-refractivity contribution is 6.06. The molecule has 1 amide bonds. The third-order valence-corrected chi connectivity index (χ3v) is 4.35. The number of amides is 1. The fourth-order valence-electron chi connectivity index (χ4n) is 2.95. The highest BCUT2D eigenvalue weighted by atomic mass is 16.5. The van der Waals surface area contributed by atoms with Crippen LogP contribution >= 0.6 is 0 Å². The molecule has 4 nitrogen and oxygen atoms in total. The number of carbonyl (C=O) groups is 1. The molecule has 1 saturated heterocycles. The van der Waals surface area contributed by atoms with E-state index >= 15 is 0 Å². The predicted molar refractivity (Wildman–Crippen MR) is 89.7 cm³/mol. The monoisotopic (exact) mass is 311 g/mol. The van der Waals surface area contributed by atoms with E-state index in [1.165, 1.54) is 5.56 Å². The zero-order valence-corrected chi connectivity index (χ0v) is 13.2. The van der Waals surface area contributed by atoms with Gasteiger partial charge in [-0.25, -0.2) is 0 Å². The van der Waals surface area contributed by atoms with Gasteiger partial charge >= 0.3 is 0 Å². The molecule has 3 rings (SSSR count). The average Bonchev–Trinajstić information content (AvgIpc) is 2.60. The van der Waals surface area contributed by atoms with E-state index in [9.17, 15) is 9.90 Å². The van der Waals surface area contributed by atoms with Crippen molar-refractivity contribution in [1.29, 1.82) is 0 Å². The van der Waals surface area contributed by atoms with E-state index in [4.69, 9.17) is 4.74 Å². The van der Waals surface area contributed by atoms with E-state index in [1.54, 1.807) is 12.0 Å². The standard InChI is InChI=1S/C19H21NO3/c1-23-17-11-9-16(10-12-17)20-14-19(22,18(20)21)13-5-8-15-6-3-2-4-7-15/h2-4,6-7,9-12,22H,5,8,13-14H2,1H3/t19-/m1/s1. The van der Waals surface area contributed by atoms with Gasteiger partial charge in [-0.3, -0.25) is 4.79 Å². The van der Waals surface area contributed by atoms with Crippen LogP contribution in [0.3, 0.4) is 0 Å². The first kappa shape index (κ1) is 15.6. The Morgan fingerprint density at radius 3 is 2.43 bits per heavy atom. The predicted octanol–water partition coefficient (Wildman–Crippen LogP) is 2.80. The number of carbonyl (C=O) groups excluding carboxylic acids is 1. The van der Waals surface area contributed by atoms with Gasteiger partial charge in [-0.05, 0) is 49.1 Å². The Labute approximate surface area is 136 Å². The largest absolute Gasteiger partial charge is 0.497 e. The number of hydrogen-bond acceptors (Lipinski definition) is 3. The molecule has 0 radical (unpaired) electrons. The highest BCUT2D eigenvalue weighted by Gasteiger charge is 2.50. The van der Waals surface area contributed by atoms with Crippen molar-refractivity contribution in [3.63, 3.8) is 0 Å². The summed E-state index contributed by atoms with van der Waals surface area (Å²) in [5.41, 5.74) is 0.813. The van der Waals surface area contributed by atoms with E-state index < -0.39 is 5.60 Å². The second-order valence-electron chi connectivity index (χ2n) is 5.96. The van der Waals surface area contributed by atoms with Gasteiger partial charge in [-0.15, -0.1) is 0 Å². The second kappa shape index (κ2) is 6.42. The number of ether oxygens (including phenoxy) is 1. The third kappa shape index (κ3) is 3.22. The van der Waals surface area contributed by atoms with Crippen LogP contribution in [0.2, 0.25) is 0 Å². The molecule has 23 heavy (non-hydrogen) atoms. The molecule has 2 aromatic rings. The summed E-state index contributed by atoms with van der Waals surface area (Å²) in [6.45, 7) is 0.354. The van der Waals surface area contributed by atoms with Crippen LogP contribution in [0.25, 0.3) is 0 Å². The lowest BCUT2D eigenvalue weighted by Crippen LogP contribution is -2.67. The van der Waals surface area contributed by atoms with E-state index in [1.807, 2.05) is 42.5 Å². The van der Waals surface area contributed by atoms with Gasteiger partial charge in [0.1, 0.15) is 5.75 Å². The molecule has 1 atom stereocenters. The highest BCUT2D eigenvalue weighted by Crippen LogP contribution is 2.33. The summed E-state index contributed by atoms with van der Waals surface area (Å²) in [6.07, 6.45) is 2.16. The Morgan fingerprint density at radius 2 is 1.83 bits per heavy atom. The molecule has 2 aromatic carbocycles. The molecule has 1 heterocycles. The Kier molecular flexibility index (Phi) is 4.35. The van der Waals surface area contributed by atoms with Gasteiger partial charge in [-0.1, -0.05) is 30.3 Å². The fraction of sp³-hybridized carbons (Fsp3) is 0.316. The zero-order valence-electron chi connectivity index (χ0n) is 13.2. The van der Waals surface area contributed by atoms with Gasteiger partial charge in [0.15, 0.2) is 5.60 Å². The normalized spacial score (nSPS) is 20.3. The quantitative estimate of drug-likeness (QED) is 0.835. The van der Waals surface area contributed by atoms with Crippen molar-refractivity contribution in [3.05, 3.63) is 60.2 Å². The van der Waals surface area contributed by atoms with Crippen LogP contribution in [0.4, 0.5) is 5.69 Å². The van der Waals surface area contributed by atoms with E-state index in [2.05, 4.69) is 12.1 Å². The summed E-state index contributed by atoms with van der Waals surface area (Å²) in [4.78, 5) is 13.9. The number of hydrogen-bond donors (Lipinski definition) is 1. The van der Waals surface area contributed by atoms with Crippen LogP contribution in [0.1, 0.15) is 18.4 Å². The molecule has 0 unspecified atom stereocenters. The van der Waals surface area contributed by atoms with Gasteiger partial charge in [0.2, 0.25) is 0 Å². The molecule has 120 valence electrons. The van der Waals surface area contributed by atoms with Crippen LogP contribution < -0.4 is 9.64 Å². The molecule has 1 fully saturated rings. The van der Waals surface area contributed by atoms with Crippen LogP contribution in [-0.2, 0) is 11.2 Å². The van der Waals surface area contributed by atoms with Crippen molar-refractivity contribution >= 4 is 11.6 Å². The number of β-lactam (4-membered cyclic amide) rings is 1. The average molecular weight is 311 g/mol. The lowest BCUT2D eigenvalue weighted by Gasteiger charge is -2.45. The van der Waals surface area contributed by atoms with E-state index in [0.717, 1.165) is 24.3 Å². The number of rotatable bonds is 6. The summed E-state index contributed by atoms with van der Waals surface area (Å²) in [5.74, 6) is 0.538. The van der Waals surface area contributed by atoms with Crippen LogP contribution in [-0.4, -0.2) is 30.3 Å². The first-order valence-corrected chi connectivity index (χ1v) is 7.85. The number of aryl methyl sites for hydroxylation is 1. The summed E-state index contributed by atoms with van der Waals surface area (Å²) in [6, 6.07) is 17.4. The molecule has 1 aliphatic heterocycles. The Bertz CT molecular complexity index is 669. The fourth-order valence-corrected chi connectivity index (χ4v) is 2.95. The lowest BCUT2D eigenvalue weighted by molar-refractivity contribution is -0.146. The summed E-state index contributed by atoms with van der Waals surface area (Å²) in [7, 11) is 1.61. The lowest BCUT2D eigenvalue weighted by atomic mass is 9.86. The number of benzene rings is 2. The molecule has 1 N–H and O–H groups in total. The van der Waals surface area contributed by atoms with Gasteiger partial charge in [0.05, 0.1) is 13.7 Å². The number of β-amino-alcohol motifs (C(OH)–C–C–N with tert-alkyl or cyclic N) is 1. The van der Waals surface area contributed by atoms with E-state index in [-0.39, 0.29) is 5.91 Å². The number of methoxy groups -OCH3 is 1. The molecule has 0 bridgehead atoms. The van der Waals surface area contributed by atoms with Crippen LogP contribution in [0.5, 0.6) is 5.75 Å². The molecule has 0 aliphatic carbocycles. The maximum atomic E-state index is 12.3. The molecule has 1 aliphatic rings. The number of anilines is 1. The minimum atomic E-state index is -1.21. The molecule has 0 aromatic heterocycles. The van der Waals surface area contributed by atoms with Gasteiger partial charge in [0.25, 0.3) is 5.91 Å². The molecule has 4 heteroatoms. The number of aliphatic hydroxyl groups is 1. The minimum Gasteiger partial charge on any atom is -0.497 e. The van der Waals surface area contributed by atoms with Crippen molar-refractivity contribution < 1.29 is 14.6 Å². The molecular formula is C19H21NO3. The van der Waals surface area contributed by atoms with Crippen LogP contribution in [0, 0.1) is 0 Å². The van der Waals surface area contributed by atoms with Crippen molar-refractivity contribution in [2.45, 2.75) is 24.9 Å². The molecule has 0 saturated carbocycles. The SMILES string of the molecule is COc1ccc(N2C[C@](O)(CCCc3ccccc3)C2=O)cc1. The summed E-state index contributed by atoms with van der Waals surface area (Å²) >= 11 is 0. The Morgan fingerprint density at radius 1 is 1.13 bits per heavy atom. The van der Waals surface area contributed by atoms with Gasteiger partial charge < -0.3 is 14.7 Å².